The number of aryl methyl sites for hydroxylation is 1. The first-order valence-electron chi connectivity index (χ1n) is 4.62. The van der Waals surface area contributed by atoms with Crippen LogP contribution in [-0.4, -0.2) is 5.16 Å². The molecule has 0 unspecified atom stereocenters. The number of hydrogen-bond donors (Lipinski definition) is 0. The SMILES string of the molecule is CCc1ccc(Cl)c(CC)c1N=C=S. The first kappa shape index (κ1) is 11.4. The Bertz CT molecular complexity index is 381. The van der Waals surface area contributed by atoms with E-state index in [0.29, 0.717) is 0 Å². The standard InChI is InChI=1S/C11H12ClNS/c1-3-8-5-6-10(12)9(4-2)11(8)13-7-14/h5-6H,3-4H2,1-2H3. The molecule has 0 saturated carbocycles. The minimum absolute atomic E-state index is 0.758. The summed E-state index contributed by atoms with van der Waals surface area (Å²) in [4.78, 5) is 4.09. The molecule has 0 N–H and O–H groups in total. The van der Waals surface area contributed by atoms with Crippen molar-refractivity contribution in [2.45, 2.75) is 26.7 Å². The zero-order valence-electron chi connectivity index (χ0n) is 8.30. The van der Waals surface area contributed by atoms with Crippen LogP contribution in [0.25, 0.3) is 0 Å². The van der Waals surface area contributed by atoms with Crippen LogP contribution in [0.15, 0.2) is 17.1 Å². The van der Waals surface area contributed by atoms with Crippen LogP contribution >= 0.6 is 23.8 Å². The lowest BCUT2D eigenvalue weighted by atomic mass is 10.0. The molecule has 0 amide bonds. The molecule has 0 aliphatic heterocycles. The number of isothiocyanates is 1. The number of halogens is 1. The second kappa shape index (κ2) is 5.26. The summed E-state index contributed by atoms with van der Waals surface area (Å²) in [5.41, 5.74) is 3.13. The van der Waals surface area contributed by atoms with Gasteiger partial charge in [-0.25, -0.2) is 0 Å². The van der Waals surface area contributed by atoms with Crippen molar-refractivity contribution in [3.63, 3.8) is 0 Å². The van der Waals surface area contributed by atoms with E-state index in [0.717, 1.165) is 29.1 Å². The molecule has 1 nitrogen and oxygen atoms in total. The lowest BCUT2D eigenvalue weighted by Crippen LogP contribution is -1.89. The molecule has 0 spiro atoms. The summed E-state index contributed by atoms with van der Waals surface area (Å²) < 4.78 is 0. The highest BCUT2D eigenvalue weighted by Gasteiger charge is 2.08. The van der Waals surface area contributed by atoms with Gasteiger partial charge in [0.1, 0.15) is 0 Å². The fraction of sp³-hybridized carbons (Fsp3) is 0.364. The van der Waals surface area contributed by atoms with Crippen LogP contribution in [0.2, 0.25) is 5.02 Å². The van der Waals surface area contributed by atoms with Gasteiger partial charge in [0.15, 0.2) is 0 Å². The van der Waals surface area contributed by atoms with E-state index < -0.39 is 0 Å². The first-order valence-corrected chi connectivity index (χ1v) is 5.41. The number of hydrogen-bond acceptors (Lipinski definition) is 2. The average Bonchev–Trinajstić information content (AvgIpc) is 2.19. The summed E-state index contributed by atoms with van der Waals surface area (Å²) in [6, 6.07) is 3.91. The first-order chi connectivity index (χ1) is 6.74. The minimum Gasteiger partial charge on any atom is -0.194 e. The average molecular weight is 226 g/mol. The number of rotatable bonds is 3. The van der Waals surface area contributed by atoms with Gasteiger partial charge < -0.3 is 0 Å². The molecule has 0 heterocycles. The van der Waals surface area contributed by atoms with Crippen molar-refractivity contribution in [2.24, 2.45) is 4.99 Å². The maximum Gasteiger partial charge on any atom is 0.0818 e. The molecule has 0 aliphatic rings. The van der Waals surface area contributed by atoms with Gasteiger partial charge in [-0.05, 0) is 42.3 Å². The summed E-state index contributed by atoms with van der Waals surface area (Å²) in [5, 5.41) is 3.17. The van der Waals surface area contributed by atoms with Crippen LogP contribution in [-0.2, 0) is 12.8 Å². The molecular formula is C11H12ClNS. The summed E-state index contributed by atoms with van der Waals surface area (Å²) in [6.45, 7) is 4.15. The molecule has 0 atom stereocenters. The van der Waals surface area contributed by atoms with Crippen molar-refractivity contribution < 1.29 is 0 Å². The quantitative estimate of drug-likeness (QED) is 0.555. The third kappa shape index (κ3) is 2.21. The zero-order chi connectivity index (χ0) is 10.6. The molecule has 0 aromatic heterocycles. The van der Waals surface area contributed by atoms with E-state index in [1.54, 1.807) is 0 Å². The van der Waals surface area contributed by atoms with Crippen molar-refractivity contribution in [3.05, 3.63) is 28.3 Å². The number of benzene rings is 1. The van der Waals surface area contributed by atoms with Gasteiger partial charge in [0.05, 0.1) is 10.8 Å². The Morgan fingerprint density at radius 2 is 2.07 bits per heavy atom. The van der Waals surface area contributed by atoms with E-state index in [1.807, 2.05) is 12.1 Å². The molecule has 0 aliphatic carbocycles. The molecule has 74 valence electrons. The van der Waals surface area contributed by atoms with Crippen molar-refractivity contribution in [1.29, 1.82) is 0 Å². The summed E-state index contributed by atoms with van der Waals surface area (Å²) in [6.07, 6.45) is 1.79. The summed E-state index contributed by atoms with van der Waals surface area (Å²) in [5.74, 6) is 0. The minimum atomic E-state index is 0.758. The van der Waals surface area contributed by atoms with Crippen molar-refractivity contribution >= 4 is 34.7 Å². The molecule has 3 heteroatoms. The van der Waals surface area contributed by atoms with Crippen molar-refractivity contribution in [2.75, 3.05) is 0 Å². The van der Waals surface area contributed by atoms with E-state index in [2.05, 4.69) is 36.2 Å². The lowest BCUT2D eigenvalue weighted by Gasteiger charge is -2.09. The van der Waals surface area contributed by atoms with Crippen LogP contribution in [0.1, 0.15) is 25.0 Å². The molecule has 1 aromatic rings. The molecule has 0 bridgehead atoms. The van der Waals surface area contributed by atoms with E-state index in [9.17, 15) is 0 Å². The van der Waals surface area contributed by atoms with Crippen LogP contribution in [0.3, 0.4) is 0 Å². The number of nitrogens with zero attached hydrogens (tertiary/aromatic N) is 1. The van der Waals surface area contributed by atoms with Gasteiger partial charge >= 0.3 is 0 Å². The van der Waals surface area contributed by atoms with Gasteiger partial charge in [-0.1, -0.05) is 31.5 Å². The molecule has 0 radical (unpaired) electrons. The van der Waals surface area contributed by atoms with Crippen molar-refractivity contribution in [3.8, 4) is 0 Å². The number of aliphatic imine (C=N–C) groups is 1. The van der Waals surface area contributed by atoms with Crippen LogP contribution in [0.4, 0.5) is 5.69 Å². The Labute approximate surface area is 94.8 Å². The van der Waals surface area contributed by atoms with E-state index in [4.69, 9.17) is 11.6 Å². The lowest BCUT2D eigenvalue weighted by molar-refractivity contribution is 1.08. The summed E-state index contributed by atoms with van der Waals surface area (Å²) in [7, 11) is 0. The second-order valence-electron chi connectivity index (χ2n) is 2.94. The fourth-order valence-electron chi connectivity index (χ4n) is 1.47. The van der Waals surface area contributed by atoms with Gasteiger partial charge in [0, 0.05) is 5.02 Å². The Balaban J connectivity index is 3.43. The molecule has 1 aromatic carbocycles. The van der Waals surface area contributed by atoms with Crippen molar-refractivity contribution in [1.82, 2.24) is 0 Å². The molecular weight excluding hydrogens is 214 g/mol. The number of thiocarbonyl (C=S) groups is 1. The van der Waals surface area contributed by atoms with Crippen LogP contribution in [0.5, 0.6) is 0 Å². The predicted octanol–water partition coefficient (Wildman–Crippen LogP) is 4.20. The fourth-order valence-corrected chi connectivity index (χ4v) is 1.84. The Morgan fingerprint density at radius 3 is 2.57 bits per heavy atom. The van der Waals surface area contributed by atoms with Gasteiger partial charge in [-0.3, -0.25) is 0 Å². The highest BCUT2D eigenvalue weighted by Crippen LogP contribution is 2.31. The Hall–Kier alpha value is -0.690. The zero-order valence-corrected chi connectivity index (χ0v) is 9.87. The maximum absolute atomic E-state index is 6.07. The third-order valence-corrected chi connectivity index (χ3v) is 2.65. The Kier molecular flexibility index (Phi) is 4.27. The van der Waals surface area contributed by atoms with Gasteiger partial charge in [-0.2, -0.15) is 4.99 Å². The molecule has 1 rings (SSSR count). The predicted molar refractivity (Wildman–Crippen MR) is 64.9 cm³/mol. The maximum atomic E-state index is 6.07. The van der Waals surface area contributed by atoms with Gasteiger partial charge in [0.25, 0.3) is 0 Å². The second-order valence-corrected chi connectivity index (χ2v) is 3.53. The van der Waals surface area contributed by atoms with Crippen LogP contribution < -0.4 is 0 Å². The largest absolute Gasteiger partial charge is 0.194 e. The monoisotopic (exact) mass is 225 g/mol. The smallest absolute Gasteiger partial charge is 0.0818 e. The highest BCUT2D eigenvalue weighted by molar-refractivity contribution is 7.78. The van der Waals surface area contributed by atoms with Gasteiger partial charge in [-0.15, -0.1) is 0 Å². The topological polar surface area (TPSA) is 12.4 Å². The molecule has 14 heavy (non-hydrogen) atoms. The normalized spacial score (nSPS) is 9.64. The molecule has 0 fully saturated rings. The third-order valence-electron chi connectivity index (χ3n) is 2.20. The van der Waals surface area contributed by atoms with Crippen LogP contribution in [0, 0.1) is 0 Å². The Morgan fingerprint density at radius 1 is 1.36 bits per heavy atom. The van der Waals surface area contributed by atoms with E-state index in [-0.39, 0.29) is 0 Å². The molecule has 0 saturated heterocycles. The van der Waals surface area contributed by atoms with E-state index >= 15 is 0 Å². The van der Waals surface area contributed by atoms with E-state index in [1.165, 1.54) is 5.56 Å². The van der Waals surface area contributed by atoms with Gasteiger partial charge in [0.2, 0.25) is 0 Å². The highest BCUT2D eigenvalue weighted by atomic mass is 35.5. The summed E-state index contributed by atoms with van der Waals surface area (Å²) >= 11 is 10.7.